The van der Waals surface area contributed by atoms with E-state index < -0.39 is 22.2 Å². The van der Waals surface area contributed by atoms with Gasteiger partial charge >= 0.3 is 12.1 Å². The second-order valence-electron chi connectivity index (χ2n) is 15.5. The number of rotatable bonds is 31. The molecule has 6 N–H and O–H groups in total. The monoisotopic (exact) mass is 713 g/mol. The standard InChI is InChI=1S/C39H76N4O7/c1-9-37(6,48)24-18-14-16-22-32(44)36(4,5)26-29-42-34(46)40-27-20-12-13-21-28-41-35(47)43-30-31-50-39(8,11-3)33(45)23-17-15-19-25-38(7,49)10-2/h48-49H,9-31H2,1-8H3,(H2,40,42,46)(H2,41,43,47). The molecule has 11 nitrogen and oxygen atoms in total. The largest absolute Gasteiger partial charge is 0.390 e. The maximum absolute atomic E-state index is 12.8. The summed E-state index contributed by atoms with van der Waals surface area (Å²) >= 11 is 0. The van der Waals surface area contributed by atoms with Gasteiger partial charge in [0.2, 0.25) is 0 Å². The molecule has 0 aliphatic carbocycles. The topological polar surface area (TPSA) is 166 Å². The summed E-state index contributed by atoms with van der Waals surface area (Å²) in [6, 6.07) is -0.488. The number of urea groups is 2. The average Bonchev–Trinajstić information content (AvgIpc) is 3.06. The summed E-state index contributed by atoms with van der Waals surface area (Å²) in [6.07, 6.45) is 13.8. The van der Waals surface area contributed by atoms with Crippen molar-refractivity contribution in [3.05, 3.63) is 0 Å². The molecule has 3 unspecified atom stereocenters. The number of carbonyl (C=O) groups excluding carboxylic acids is 4. The van der Waals surface area contributed by atoms with E-state index in [9.17, 15) is 29.4 Å². The Morgan fingerprint density at radius 3 is 1.38 bits per heavy atom. The first-order valence-corrected chi connectivity index (χ1v) is 19.6. The predicted molar refractivity (Wildman–Crippen MR) is 202 cm³/mol. The summed E-state index contributed by atoms with van der Waals surface area (Å²) in [5.74, 6) is 0.288. The Balaban J connectivity index is 3.90. The smallest absolute Gasteiger partial charge is 0.314 e. The van der Waals surface area contributed by atoms with Crippen LogP contribution < -0.4 is 21.3 Å². The van der Waals surface area contributed by atoms with Crippen LogP contribution in [-0.4, -0.2) is 83.4 Å². The number of carbonyl (C=O) groups is 4. The van der Waals surface area contributed by atoms with Gasteiger partial charge in [0.05, 0.1) is 17.8 Å². The lowest BCUT2D eigenvalue weighted by molar-refractivity contribution is -0.143. The third-order valence-corrected chi connectivity index (χ3v) is 10.3. The fourth-order valence-corrected chi connectivity index (χ4v) is 5.47. The van der Waals surface area contributed by atoms with Crippen LogP contribution in [0.2, 0.25) is 0 Å². The van der Waals surface area contributed by atoms with Gasteiger partial charge < -0.3 is 36.2 Å². The first kappa shape index (κ1) is 47.8. The molecule has 4 amide bonds. The van der Waals surface area contributed by atoms with Crippen LogP contribution in [0.25, 0.3) is 0 Å². The highest BCUT2D eigenvalue weighted by Gasteiger charge is 2.31. The van der Waals surface area contributed by atoms with E-state index in [-0.39, 0.29) is 30.2 Å². The molecule has 11 heteroatoms. The zero-order valence-electron chi connectivity index (χ0n) is 33.2. The van der Waals surface area contributed by atoms with Gasteiger partial charge in [0.25, 0.3) is 0 Å². The molecule has 294 valence electrons. The predicted octanol–water partition coefficient (Wildman–Crippen LogP) is 7.11. The van der Waals surface area contributed by atoms with Gasteiger partial charge in [-0.05, 0) is 85.0 Å². The van der Waals surface area contributed by atoms with Crippen LogP contribution >= 0.6 is 0 Å². The van der Waals surface area contributed by atoms with Crippen molar-refractivity contribution in [1.82, 2.24) is 21.3 Å². The normalized spacial score (nSPS) is 15.3. The van der Waals surface area contributed by atoms with Crippen molar-refractivity contribution < 1.29 is 34.1 Å². The minimum atomic E-state index is -0.862. The molecule has 0 rings (SSSR count). The first-order chi connectivity index (χ1) is 23.4. The quantitative estimate of drug-likeness (QED) is 0.0417. The highest BCUT2D eigenvalue weighted by Crippen LogP contribution is 2.25. The Morgan fingerprint density at radius 1 is 0.500 bits per heavy atom. The Labute approximate surface area is 304 Å². The molecular formula is C39H76N4O7. The number of ether oxygens (including phenoxy) is 1. The van der Waals surface area contributed by atoms with E-state index in [1.807, 2.05) is 55.4 Å². The highest BCUT2D eigenvalue weighted by atomic mass is 16.5. The second-order valence-corrected chi connectivity index (χ2v) is 15.5. The number of unbranched alkanes of at least 4 members (excludes halogenated alkanes) is 7. The number of aliphatic hydroxyl groups is 2. The van der Waals surface area contributed by atoms with Gasteiger partial charge in [0, 0.05) is 44.4 Å². The van der Waals surface area contributed by atoms with E-state index in [0.29, 0.717) is 51.9 Å². The van der Waals surface area contributed by atoms with Gasteiger partial charge in [-0.25, -0.2) is 9.59 Å². The van der Waals surface area contributed by atoms with Crippen molar-refractivity contribution in [1.29, 1.82) is 0 Å². The van der Waals surface area contributed by atoms with E-state index in [2.05, 4.69) is 21.3 Å². The second kappa shape index (κ2) is 25.7. The van der Waals surface area contributed by atoms with Crippen molar-refractivity contribution >= 4 is 23.6 Å². The average molecular weight is 713 g/mol. The maximum Gasteiger partial charge on any atom is 0.314 e. The first-order valence-electron chi connectivity index (χ1n) is 19.6. The van der Waals surface area contributed by atoms with Crippen LogP contribution in [0.15, 0.2) is 0 Å². The SMILES string of the molecule is CCC(C)(O)CCCCCC(=O)C(C)(C)CCNC(=O)NCCCCCCNC(=O)NCCOC(C)(CC)C(=O)CCCCCC(C)(O)CC. The number of ketones is 2. The number of hydrogen-bond acceptors (Lipinski definition) is 7. The summed E-state index contributed by atoms with van der Waals surface area (Å²) in [7, 11) is 0. The zero-order chi connectivity index (χ0) is 38.1. The van der Waals surface area contributed by atoms with Gasteiger partial charge in [-0.3, -0.25) is 9.59 Å². The van der Waals surface area contributed by atoms with Crippen LogP contribution in [0.5, 0.6) is 0 Å². The lowest BCUT2D eigenvalue weighted by Crippen LogP contribution is -2.42. The van der Waals surface area contributed by atoms with Crippen LogP contribution in [0.3, 0.4) is 0 Å². The summed E-state index contributed by atoms with van der Waals surface area (Å²) in [6.45, 7) is 17.4. The Morgan fingerprint density at radius 2 is 0.920 bits per heavy atom. The fourth-order valence-electron chi connectivity index (χ4n) is 5.47. The molecular weight excluding hydrogens is 636 g/mol. The lowest BCUT2D eigenvalue weighted by Gasteiger charge is -2.27. The zero-order valence-corrected chi connectivity index (χ0v) is 33.2. The minimum Gasteiger partial charge on any atom is -0.390 e. The molecule has 0 saturated heterocycles. The van der Waals surface area contributed by atoms with Gasteiger partial charge in [0.15, 0.2) is 5.78 Å². The van der Waals surface area contributed by atoms with Gasteiger partial charge in [0.1, 0.15) is 11.4 Å². The van der Waals surface area contributed by atoms with Crippen molar-refractivity contribution in [3.63, 3.8) is 0 Å². The molecule has 0 aromatic rings. The summed E-state index contributed by atoms with van der Waals surface area (Å²) in [5.41, 5.74) is -2.60. The molecule has 0 bridgehead atoms. The molecule has 0 saturated carbocycles. The minimum absolute atomic E-state index is 0.0764. The van der Waals surface area contributed by atoms with Crippen molar-refractivity contribution in [2.75, 3.05) is 32.8 Å². The number of amides is 4. The molecule has 0 aliphatic heterocycles. The van der Waals surface area contributed by atoms with Gasteiger partial charge in [-0.1, -0.05) is 73.1 Å². The van der Waals surface area contributed by atoms with Crippen molar-refractivity contribution in [2.24, 2.45) is 5.41 Å². The Hall–Kier alpha value is -2.24. The highest BCUT2D eigenvalue weighted by molar-refractivity contribution is 5.86. The third-order valence-electron chi connectivity index (χ3n) is 10.3. The number of Topliss-reactive ketones (excluding diaryl/α,β-unsaturated/α-hetero) is 2. The molecule has 0 aliphatic rings. The molecule has 0 radical (unpaired) electrons. The number of nitrogens with one attached hydrogen (secondary N) is 4. The Bertz CT molecular complexity index is 970. The maximum atomic E-state index is 12.8. The molecule has 50 heavy (non-hydrogen) atoms. The van der Waals surface area contributed by atoms with E-state index in [1.165, 1.54) is 0 Å². The van der Waals surface area contributed by atoms with Gasteiger partial charge in [-0.15, -0.1) is 0 Å². The van der Waals surface area contributed by atoms with Crippen LogP contribution in [-0.2, 0) is 14.3 Å². The Kier molecular flexibility index (Phi) is 24.5. The molecule has 0 aromatic carbocycles. The van der Waals surface area contributed by atoms with Crippen molar-refractivity contribution in [2.45, 2.75) is 188 Å². The van der Waals surface area contributed by atoms with Crippen LogP contribution in [0.4, 0.5) is 9.59 Å². The van der Waals surface area contributed by atoms with Crippen molar-refractivity contribution in [3.8, 4) is 0 Å². The molecule has 0 aromatic heterocycles. The summed E-state index contributed by atoms with van der Waals surface area (Å²) in [5, 5.41) is 31.6. The van der Waals surface area contributed by atoms with Crippen LogP contribution in [0, 0.1) is 5.41 Å². The fraction of sp³-hybridized carbons (Fsp3) is 0.897. The summed E-state index contributed by atoms with van der Waals surface area (Å²) < 4.78 is 5.91. The molecule has 0 heterocycles. The third kappa shape index (κ3) is 23.3. The lowest BCUT2D eigenvalue weighted by atomic mass is 9.82. The van der Waals surface area contributed by atoms with E-state index >= 15 is 0 Å². The van der Waals surface area contributed by atoms with E-state index in [4.69, 9.17) is 4.74 Å². The summed E-state index contributed by atoms with van der Waals surface area (Å²) in [4.78, 5) is 49.8. The number of hydrogen-bond donors (Lipinski definition) is 6. The molecule has 0 fully saturated rings. The van der Waals surface area contributed by atoms with Crippen LogP contribution in [0.1, 0.15) is 171 Å². The van der Waals surface area contributed by atoms with E-state index in [1.54, 1.807) is 0 Å². The molecule has 0 spiro atoms. The van der Waals surface area contributed by atoms with Gasteiger partial charge in [-0.2, -0.15) is 0 Å². The van der Waals surface area contributed by atoms with E-state index in [0.717, 1.165) is 89.9 Å². The molecule has 3 atom stereocenters.